The summed E-state index contributed by atoms with van der Waals surface area (Å²) in [4.78, 5) is 13.1. The maximum Gasteiger partial charge on any atom is 0.239 e. The summed E-state index contributed by atoms with van der Waals surface area (Å²) in [6.45, 7) is 0.0625. The van der Waals surface area contributed by atoms with Crippen LogP contribution in [0, 0.1) is 0 Å². The van der Waals surface area contributed by atoms with Gasteiger partial charge in [0.05, 0.1) is 0 Å². The maximum absolute atomic E-state index is 13.1. The van der Waals surface area contributed by atoms with E-state index >= 15 is 0 Å². The minimum atomic E-state index is -0.637. The molecule has 0 aliphatic heterocycles. The van der Waals surface area contributed by atoms with Crippen molar-refractivity contribution in [1.29, 1.82) is 0 Å². The maximum atomic E-state index is 13.1. The van der Waals surface area contributed by atoms with E-state index in [4.69, 9.17) is 9.15 Å². The van der Waals surface area contributed by atoms with Crippen LogP contribution in [0.25, 0.3) is 22.3 Å². The lowest BCUT2D eigenvalue weighted by Gasteiger charge is -2.13. The van der Waals surface area contributed by atoms with Crippen molar-refractivity contribution in [2.45, 2.75) is 6.61 Å². The highest BCUT2D eigenvalue weighted by Crippen LogP contribution is 2.38. The monoisotopic (exact) mass is 392 g/mol. The lowest BCUT2D eigenvalue weighted by molar-refractivity contribution is 0.297. The molecule has 0 aliphatic rings. The van der Waals surface area contributed by atoms with Crippen LogP contribution in [0.5, 0.6) is 28.7 Å². The number of aromatic hydroxyl groups is 4. The van der Waals surface area contributed by atoms with Crippen molar-refractivity contribution in [3.8, 4) is 40.1 Å². The molecular weight excluding hydrogens is 376 g/mol. The van der Waals surface area contributed by atoms with Gasteiger partial charge in [-0.2, -0.15) is 0 Å². The Kier molecular flexibility index (Phi) is 4.48. The summed E-state index contributed by atoms with van der Waals surface area (Å²) in [7, 11) is 0. The van der Waals surface area contributed by atoms with Crippen molar-refractivity contribution >= 4 is 11.0 Å². The molecule has 146 valence electrons. The first-order chi connectivity index (χ1) is 13.9. The summed E-state index contributed by atoms with van der Waals surface area (Å²) in [6, 6.07) is 15.3. The third kappa shape index (κ3) is 3.41. The van der Waals surface area contributed by atoms with E-state index in [2.05, 4.69) is 0 Å². The Morgan fingerprint density at radius 1 is 0.828 bits per heavy atom. The van der Waals surface area contributed by atoms with Crippen molar-refractivity contribution in [3.63, 3.8) is 0 Å². The highest BCUT2D eigenvalue weighted by molar-refractivity contribution is 5.88. The van der Waals surface area contributed by atoms with Gasteiger partial charge in [0.25, 0.3) is 0 Å². The van der Waals surface area contributed by atoms with Crippen molar-refractivity contribution in [3.05, 3.63) is 76.5 Å². The number of hydrogen-bond donors (Lipinski definition) is 4. The zero-order valence-corrected chi connectivity index (χ0v) is 15.0. The lowest BCUT2D eigenvalue weighted by atomic mass is 10.1. The lowest BCUT2D eigenvalue weighted by Crippen LogP contribution is -2.10. The van der Waals surface area contributed by atoms with Crippen LogP contribution in [-0.4, -0.2) is 20.4 Å². The van der Waals surface area contributed by atoms with Gasteiger partial charge in [0.2, 0.25) is 11.2 Å². The molecule has 0 bridgehead atoms. The minimum Gasteiger partial charge on any atom is -0.508 e. The van der Waals surface area contributed by atoms with E-state index in [0.29, 0.717) is 0 Å². The first kappa shape index (κ1) is 18.2. The average Bonchev–Trinajstić information content (AvgIpc) is 2.69. The molecule has 4 N–H and O–H groups in total. The van der Waals surface area contributed by atoms with Gasteiger partial charge in [-0.05, 0) is 23.8 Å². The second-order valence-corrected chi connectivity index (χ2v) is 6.41. The van der Waals surface area contributed by atoms with Crippen molar-refractivity contribution < 1.29 is 29.6 Å². The number of phenols is 4. The molecule has 0 radical (unpaired) electrons. The molecule has 0 fully saturated rings. The van der Waals surface area contributed by atoms with E-state index in [-0.39, 0.29) is 46.1 Å². The van der Waals surface area contributed by atoms with Gasteiger partial charge >= 0.3 is 0 Å². The fourth-order valence-electron chi connectivity index (χ4n) is 2.98. The SMILES string of the molecule is O=c1c(OCc2ccccc2)c(-c2ccc(O)c(O)c2)oc2cc(O)cc(O)c12. The van der Waals surface area contributed by atoms with Gasteiger partial charge in [0.15, 0.2) is 17.3 Å². The summed E-state index contributed by atoms with van der Waals surface area (Å²) in [5.74, 6) is -1.66. The number of benzene rings is 3. The van der Waals surface area contributed by atoms with Crippen LogP contribution in [0.15, 0.2) is 69.9 Å². The van der Waals surface area contributed by atoms with E-state index in [1.54, 1.807) is 0 Å². The second-order valence-electron chi connectivity index (χ2n) is 6.41. The topological polar surface area (TPSA) is 120 Å². The van der Waals surface area contributed by atoms with Gasteiger partial charge in [-0.15, -0.1) is 0 Å². The number of fused-ring (bicyclic) bond motifs is 1. The third-order valence-electron chi connectivity index (χ3n) is 4.38. The van der Waals surface area contributed by atoms with Gasteiger partial charge in [-0.1, -0.05) is 30.3 Å². The predicted octanol–water partition coefficient (Wildman–Crippen LogP) is 3.86. The Hall–Kier alpha value is -4.13. The zero-order valence-electron chi connectivity index (χ0n) is 15.0. The Labute approximate surface area is 164 Å². The first-order valence-corrected chi connectivity index (χ1v) is 8.66. The smallest absolute Gasteiger partial charge is 0.239 e. The van der Waals surface area contributed by atoms with E-state index in [9.17, 15) is 25.2 Å². The Bertz CT molecular complexity index is 1260. The van der Waals surface area contributed by atoms with Crippen molar-refractivity contribution in [2.75, 3.05) is 0 Å². The summed E-state index contributed by atoms with van der Waals surface area (Å²) < 4.78 is 11.5. The Morgan fingerprint density at radius 2 is 1.59 bits per heavy atom. The molecule has 1 aromatic heterocycles. The van der Waals surface area contributed by atoms with Gasteiger partial charge in [-0.3, -0.25) is 4.79 Å². The minimum absolute atomic E-state index is 0.0151. The normalized spacial score (nSPS) is 10.9. The summed E-state index contributed by atoms with van der Waals surface area (Å²) >= 11 is 0. The second kappa shape index (κ2) is 7.12. The van der Waals surface area contributed by atoms with E-state index in [1.807, 2.05) is 30.3 Å². The molecule has 0 amide bonds. The fourth-order valence-corrected chi connectivity index (χ4v) is 2.98. The molecule has 0 atom stereocenters. The number of rotatable bonds is 4. The molecule has 4 aromatic rings. The summed E-state index contributed by atoms with van der Waals surface area (Å²) in [5.41, 5.74) is 0.385. The molecule has 0 aliphatic carbocycles. The molecule has 7 heteroatoms. The van der Waals surface area contributed by atoms with Crippen LogP contribution in [0.1, 0.15) is 5.56 Å². The highest BCUT2D eigenvalue weighted by Gasteiger charge is 2.21. The third-order valence-corrected chi connectivity index (χ3v) is 4.38. The molecule has 0 saturated carbocycles. The molecule has 0 saturated heterocycles. The molecule has 0 unspecified atom stereocenters. The quantitative estimate of drug-likeness (QED) is 0.389. The molecule has 29 heavy (non-hydrogen) atoms. The summed E-state index contributed by atoms with van der Waals surface area (Å²) in [5, 5.41) is 39.1. The fraction of sp³-hybridized carbons (Fsp3) is 0.0455. The average molecular weight is 392 g/mol. The Morgan fingerprint density at radius 3 is 2.31 bits per heavy atom. The molecule has 3 aromatic carbocycles. The van der Waals surface area contributed by atoms with Gasteiger partial charge in [0.1, 0.15) is 29.1 Å². The number of hydrogen-bond acceptors (Lipinski definition) is 7. The van der Waals surface area contributed by atoms with E-state index < -0.39 is 16.9 Å². The zero-order chi connectivity index (χ0) is 20.5. The number of phenolic OH excluding ortho intramolecular Hbond substituents is 4. The molecule has 4 rings (SSSR count). The standard InChI is InChI=1S/C22H16O7/c23-14-9-17(26)19-18(10-14)29-21(13-6-7-15(24)16(25)8-13)22(20(19)27)28-11-12-4-2-1-3-5-12/h1-10,23-26H,11H2. The molecular formula is C22H16O7. The van der Waals surface area contributed by atoms with Gasteiger partial charge in [-0.25, -0.2) is 0 Å². The van der Waals surface area contributed by atoms with Gasteiger partial charge in [0, 0.05) is 17.7 Å². The van der Waals surface area contributed by atoms with E-state index in [0.717, 1.165) is 11.6 Å². The Balaban J connectivity index is 1.93. The van der Waals surface area contributed by atoms with Crippen molar-refractivity contribution in [1.82, 2.24) is 0 Å². The van der Waals surface area contributed by atoms with Crippen LogP contribution in [0.3, 0.4) is 0 Å². The predicted molar refractivity (Wildman–Crippen MR) is 105 cm³/mol. The van der Waals surface area contributed by atoms with Crippen LogP contribution in [0.2, 0.25) is 0 Å². The first-order valence-electron chi connectivity index (χ1n) is 8.66. The van der Waals surface area contributed by atoms with Crippen LogP contribution < -0.4 is 10.2 Å². The molecule has 1 heterocycles. The molecule has 7 nitrogen and oxygen atoms in total. The number of ether oxygens (including phenoxy) is 1. The van der Waals surface area contributed by atoms with Gasteiger partial charge < -0.3 is 29.6 Å². The van der Waals surface area contributed by atoms with Crippen LogP contribution >= 0.6 is 0 Å². The largest absolute Gasteiger partial charge is 0.508 e. The van der Waals surface area contributed by atoms with Crippen LogP contribution in [-0.2, 0) is 6.61 Å². The molecule has 0 spiro atoms. The van der Waals surface area contributed by atoms with Crippen LogP contribution in [0.4, 0.5) is 0 Å². The van der Waals surface area contributed by atoms with Crippen molar-refractivity contribution in [2.24, 2.45) is 0 Å². The highest BCUT2D eigenvalue weighted by atomic mass is 16.5. The van der Waals surface area contributed by atoms with E-state index in [1.165, 1.54) is 24.3 Å². The summed E-state index contributed by atoms with van der Waals surface area (Å²) in [6.07, 6.45) is 0.